The molecule has 74 valence electrons. The van der Waals surface area contributed by atoms with E-state index in [4.69, 9.17) is 22.1 Å². The van der Waals surface area contributed by atoms with Crippen molar-refractivity contribution in [1.82, 2.24) is 0 Å². The quantitative estimate of drug-likeness (QED) is 0.228. The van der Waals surface area contributed by atoms with Crippen molar-refractivity contribution >= 4 is 17.6 Å². The molecule has 0 saturated heterocycles. The molecule has 0 amide bonds. The summed E-state index contributed by atoms with van der Waals surface area (Å²) in [6.45, 7) is 0. The molecule has 0 heterocycles. The van der Waals surface area contributed by atoms with Crippen LogP contribution in [0.2, 0.25) is 0 Å². The third-order valence-electron chi connectivity index (χ3n) is 1.65. The Balaban J connectivity index is 2.94. The van der Waals surface area contributed by atoms with E-state index in [2.05, 4.69) is 0 Å². The molecule has 1 aromatic carbocycles. The lowest BCUT2D eigenvalue weighted by atomic mass is 10.2. The molecule has 0 atom stereocenters. The van der Waals surface area contributed by atoms with Crippen molar-refractivity contribution in [3.8, 4) is 0 Å². The van der Waals surface area contributed by atoms with Gasteiger partial charge in [-0.2, -0.15) is 0 Å². The second-order valence-electron chi connectivity index (χ2n) is 2.61. The summed E-state index contributed by atoms with van der Waals surface area (Å²) in [7, 11) is 0. The van der Waals surface area contributed by atoms with E-state index in [1.165, 1.54) is 24.3 Å². The Bertz CT molecular complexity index is 360. The van der Waals surface area contributed by atoms with Gasteiger partial charge < -0.3 is 10.8 Å². The smallest absolute Gasteiger partial charge is 0.335 e. The van der Waals surface area contributed by atoms with Crippen LogP contribution in [-0.2, 0) is 0 Å². The van der Waals surface area contributed by atoms with Gasteiger partial charge in [0.1, 0.15) is 0 Å². The van der Waals surface area contributed by atoms with E-state index in [0.29, 0.717) is 5.69 Å². The molecule has 0 aliphatic rings. The molecule has 0 fully saturated rings. The number of nitrogens with one attached hydrogen (secondary N) is 1. The highest BCUT2D eigenvalue weighted by molar-refractivity contribution is 5.92. The zero-order valence-corrected chi connectivity index (χ0v) is 7.27. The van der Waals surface area contributed by atoms with Crippen LogP contribution < -0.4 is 16.6 Å². The zero-order valence-electron chi connectivity index (χ0n) is 7.27. The first kappa shape index (κ1) is 10.0. The lowest BCUT2D eigenvalue weighted by Gasteiger charge is -2.15. The number of hydrogen-bond acceptors (Lipinski definition) is 3. The van der Waals surface area contributed by atoms with Gasteiger partial charge in [0.2, 0.25) is 5.96 Å². The topological polar surface area (TPSA) is 116 Å². The van der Waals surface area contributed by atoms with Crippen LogP contribution in [0.25, 0.3) is 0 Å². The molecule has 0 saturated carbocycles. The zero-order chi connectivity index (χ0) is 10.7. The fourth-order valence-electron chi connectivity index (χ4n) is 0.904. The number of carbonyl (C=O) groups is 1. The number of nitrogens with zero attached hydrogens (tertiary/aromatic N) is 1. The number of carboxylic acids is 1. The molecule has 6 N–H and O–H groups in total. The first-order valence-corrected chi connectivity index (χ1v) is 3.74. The number of hydrogen-bond donors (Lipinski definition) is 4. The number of rotatable bonds is 2. The normalized spacial score (nSPS) is 9.50. The Labute approximate surface area is 80.2 Å². The molecule has 1 aromatic rings. The van der Waals surface area contributed by atoms with E-state index in [1.54, 1.807) is 0 Å². The molecule has 6 heteroatoms. The minimum atomic E-state index is -1.01. The summed E-state index contributed by atoms with van der Waals surface area (Å²) >= 11 is 0. The number of guanidine groups is 1. The van der Waals surface area contributed by atoms with E-state index in [0.717, 1.165) is 5.01 Å². The average molecular weight is 194 g/mol. The summed E-state index contributed by atoms with van der Waals surface area (Å²) in [5, 5.41) is 16.6. The van der Waals surface area contributed by atoms with Gasteiger partial charge in [-0.05, 0) is 24.3 Å². The summed E-state index contributed by atoms with van der Waals surface area (Å²) in [6, 6.07) is 5.73. The van der Waals surface area contributed by atoms with Gasteiger partial charge in [-0.1, -0.05) is 0 Å². The summed E-state index contributed by atoms with van der Waals surface area (Å²) in [5.74, 6) is 4.08. The van der Waals surface area contributed by atoms with Crippen molar-refractivity contribution in [3.63, 3.8) is 0 Å². The van der Waals surface area contributed by atoms with Crippen molar-refractivity contribution in [3.05, 3.63) is 29.8 Å². The number of nitrogens with two attached hydrogens (primary N) is 2. The largest absolute Gasteiger partial charge is 0.478 e. The number of hydrazine groups is 1. The van der Waals surface area contributed by atoms with Crippen LogP contribution in [0.1, 0.15) is 10.4 Å². The van der Waals surface area contributed by atoms with Crippen molar-refractivity contribution in [2.45, 2.75) is 0 Å². The molecular weight excluding hydrogens is 184 g/mol. The molecule has 0 aromatic heterocycles. The SMILES string of the molecule is N=C(N)N(N)c1ccc(C(=O)O)cc1. The third-order valence-corrected chi connectivity index (χ3v) is 1.65. The van der Waals surface area contributed by atoms with Crippen LogP contribution in [0.5, 0.6) is 0 Å². The van der Waals surface area contributed by atoms with Gasteiger partial charge >= 0.3 is 5.97 Å². The molecule has 1 rings (SSSR count). The lowest BCUT2D eigenvalue weighted by Crippen LogP contribution is -2.42. The minimum Gasteiger partial charge on any atom is -0.478 e. The van der Waals surface area contributed by atoms with Crippen LogP contribution in [0, 0.1) is 5.41 Å². The lowest BCUT2D eigenvalue weighted by molar-refractivity contribution is 0.0697. The van der Waals surface area contributed by atoms with E-state index in [1.807, 2.05) is 0 Å². The number of carboxylic acid groups (broad SMARTS) is 1. The van der Waals surface area contributed by atoms with Crippen LogP contribution in [0.15, 0.2) is 24.3 Å². The first-order chi connectivity index (χ1) is 6.52. The van der Waals surface area contributed by atoms with E-state index in [-0.39, 0.29) is 11.5 Å². The summed E-state index contributed by atoms with van der Waals surface area (Å²) in [6.07, 6.45) is 0. The summed E-state index contributed by atoms with van der Waals surface area (Å²) < 4.78 is 0. The molecule has 0 unspecified atom stereocenters. The summed E-state index contributed by atoms with van der Waals surface area (Å²) in [5.41, 5.74) is 5.75. The third kappa shape index (κ3) is 1.99. The molecule has 0 radical (unpaired) electrons. The van der Waals surface area contributed by atoms with Gasteiger partial charge in [0.15, 0.2) is 0 Å². The van der Waals surface area contributed by atoms with Crippen LogP contribution >= 0.6 is 0 Å². The second kappa shape index (κ2) is 3.75. The van der Waals surface area contributed by atoms with Gasteiger partial charge in [0, 0.05) is 0 Å². The van der Waals surface area contributed by atoms with Crippen LogP contribution in [0.3, 0.4) is 0 Å². The highest BCUT2D eigenvalue weighted by Crippen LogP contribution is 2.11. The Morgan fingerprint density at radius 2 is 1.86 bits per heavy atom. The highest BCUT2D eigenvalue weighted by atomic mass is 16.4. The first-order valence-electron chi connectivity index (χ1n) is 3.74. The Morgan fingerprint density at radius 1 is 1.36 bits per heavy atom. The van der Waals surface area contributed by atoms with Crippen LogP contribution in [-0.4, -0.2) is 17.0 Å². The molecule has 14 heavy (non-hydrogen) atoms. The van der Waals surface area contributed by atoms with Gasteiger partial charge in [-0.15, -0.1) is 0 Å². The predicted octanol–water partition coefficient (Wildman–Crippen LogP) is -0.0416. The Morgan fingerprint density at radius 3 is 2.21 bits per heavy atom. The van der Waals surface area contributed by atoms with E-state index < -0.39 is 5.97 Å². The van der Waals surface area contributed by atoms with Crippen molar-refractivity contribution in [1.29, 1.82) is 5.41 Å². The average Bonchev–Trinajstić information content (AvgIpc) is 2.16. The van der Waals surface area contributed by atoms with Gasteiger partial charge in [0.25, 0.3) is 0 Å². The maximum Gasteiger partial charge on any atom is 0.335 e. The second-order valence-corrected chi connectivity index (χ2v) is 2.61. The molecule has 0 bridgehead atoms. The monoisotopic (exact) mass is 194 g/mol. The summed E-state index contributed by atoms with van der Waals surface area (Å²) in [4.78, 5) is 10.5. The van der Waals surface area contributed by atoms with Crippen molar-refractivity contribution in [2.24, 2.45) is 11.6 Å². The fraction of sp³-hybridized carbons (Fsp3) is 0. The standard InChI is InChI=1S/C8H10N4O2/c9-8(10)12(11)6-3-1-5(2-4-6)7(13)14/h1-4H,11H2,(H3,9,10)(H,13,14). The van der Waals surface area contributed by atoms with E-state index >= 15 is 0 Å². The predicted molar refractivity (Wildman–Crippen MR) is 52.0 cm³/mol. The van der Waals surface area contributed by atoms with Crippen molar-refractivity contribution in [2.75, 3.05) is 5.01 Å². The number of benzene rings is 1. The van der Waals surface area contributed by atoms with Gasteiger partial charge in [-0.3, -0.25) is 5.41 Å². The number of aromatic carboxylic acids is 1. The van der Waals surface area contributed by atoms with Gasteiger partial charge in [0.05, 0.1) is 11.3 Å². The Kier molecular flexibility index (Phi) is 2.68. The Hall–Kier alpha value is -2.08. The van der Waals surface area contributed by atoms with Crippen LogP contribution in [0.4, 0.5) is 5.69 Å². The molecule has 0 aliphatic heterocycles. The minimum absolute atomic E-state index is 0.158. The molecule has 0 spiro atoms. The van der Waals surface area contributed by atoms with E-state index in [9.17, 15) is 4.79 Å². The number of anilines is 1. The maximum atomic E-state index is 10.5. The molecular formula is C8H10N4O2. The maximum absolute atomic E-state index is 10.5. The van der Waals surface area contributed by atoms with Gasteiger partial charge in [-0.25, -0.2) is 15.6 Å². The molecule has 0 aliphatic carbocycles. The fourth-order valence-corrected chi connectivity index (χ4v) is 0.904. The molecule has 6 nitrogen and oxygen atoms in total. The highest BCUT2D eigenvalue weighted by Gasteiger charge is 2.06. The van der Waals surface area contributed by atoms with Crippen molar-refractivity contribution < 1.29 is 9.90 Å².